The normalized spacial score (nSPS) is 27.7. The van der Waals surface area contributed by atoms with Gasteiger partial charge in [-0.1, -0.05) is 39.0 Å². The highest BCUT2D eigenvalue weighted by atomic mass is 14.9. The van der Waals surface area contributed by atoms with Gasteiger partial charge in [0.25, 0.3) is 0 Å². The van der Waals surface area contributed by atoms with Crippen LogP contribution in [-0.4, -0.2) is 17.6 Å². The van der Waals surface area contributed by atoms with Crippen molar-refractivity contribution in [2.24, 2.45) is 5.92 Å². The van der Waals surface area contributed by atoms with Crippen molar-refractivity contribution in [2.45, 2.75) is 51.0 Å². The fourth-order valence-electron chi connectivity index (χ4n) is 4.47. The van der Waals surface area contributed by atoms with Crippen LogP contribution in [0.3, 0.4) is 0 Å². The Morgan fingerprint density at radius 1 is 1.32 bits per heavy atom. The van der Waals surface area contributed by atoms with Crippen LogP contribution in [0, 0.1) is 5.92 Å². The third-order valence-electron chi connectivity index (χ3n) is 5.81. The van der Waals surface area contributed by atoms with E-state index in [4.69, 9.17) is 0 Å². The van der Waals surface area contributed by atoms with Crippen LogP contribution < -0.4 is 5.32 Å². The summed E-state index contributed by atoms with van der Waals surface area (Å²) in [6.45, 7) is 12.1. The number of piperidine rings is 1. The van der Waals surface area contributed by atoms with Crippen molar-refractivity contribution < 1.29 is 0 Å². The molecule has 0 saturated carbocycles. The van der Waals surface area contributed by atoms with Crippen molar-refractivity contribution in [1.29, 1.82) is 0 Å². The van der Waals surface area contributed by atoms with Crippen LogP contribution in [0.2, 0.25) is 0 Å². The molecule has 2 heterocycles. The Balaban J connectivity index is 1.95. The van der Waals surface area contributed by atoms with Crippen LogP contribution in [-0.2, 0) is 11.8 Å². The van der Waals surface area contributed by atoms with Gasteiger partial charge in [-0.3, -0.25) is 0 Å². The predicted molar refractivity (Wildman–Crippen MR) is 93.5 cm³/mol. The number of allylic oxidation sites excluding steroid dienone is 1. The van der Waals surface area contributed by atoms with E-state index < -0.39 is 0 Å². The first-order chi connectivity index (χ1) is 10.5. The molecular formula is C20H26N2. The van der Waals surface area contributed by atoms with Crippen molar-refractivity contribution in [2.75, 3.05) is 6.54 Å². The first-order valence-corrected chi connectivity index (χ1v) is 8.52. The summed E-state index contributed by atoms with van der Waals surface area (Å²) in [4.78, 5) is 3.71. The molecule has 1 aromatic carbocycles. The molecular weight excluding hydrogens is 268 g/mol. The lowest BCUT2D eigenvalue weighted by atomic mass is 9.72. The molecule has 2 aromatic rings. The van der Waals surface area contributed by atoms with Gasteiger partial charge in [-0.15, -0.1) is 6.58 Å². The second-order valence-electron chi connectivity index (χ2n) is 7.84. The summed E-state index contributed by atoms with van der Waals surface area (Å²) >= 11 is 0. The van der Waals surface area contributed by atoms with Crippen LogP contribution in [0.5, 0.6) is 0 Å². The number of benzene rings is 1. The zero-order valence-corrected chi connectivity index (χ0v) is 13.9. The van der Waals surface area contributed by atoms with Crippen LogP contribution in [0.4, 0.5) is 0 Å². The smallest absolute Gasteiger partial charge is 0.0462 e. The molecule has 2 nitrogen and oxygen atoms in total. The summed E-state index contributed by atoms with van der Waals surface area (Å²) < 4.78 is 0. The molecule has 2 N–H and O–H groups in total. The predicted octanol–water partition coefficient (Wildman–Crippen LogP) is 4.27. The maximum Gasteiger partial charge on any atom is 0.0462 e. The summed E-state index contributed by atoms with van der Waals surface area (Å²) in [6, 6.07) is 7.38. The minimum Gasteiger partial charge on any atom is -0.357 e. The summed E-state index contributed by atoms with van der Waals surface area (Å²) in [5.41, 5.74) is 5.70. The molecule has 0 amide bonds. The van der Waals surface area contributed by atoms with Crippen molar-refractivity contribution >= 4 is 10.9 Å². The van der Waals surface area contributed by atoms with E-state index in [-0.39, 0.29) is 5.41 Å². The van der Waals surface area contributed by atoms with E-state index in [1.54, 1.807) is 5.56 Å². The maximum absolute atomic E-state index is 4.05. The topological polar surface area (TPSA) is 27.8 Å². The third-order valence-corrected chi connectivity index (χ3v) is 5.81. The summed E-state index contributed by atoms with van der Waals surface area (Å²) in [7, 11) is 0. The van der Waals surface area contributed by atoms with Crippen LogP contribution in [0.1, 0.15) is 49.9 Å². The van der Waals surface area contributed by atoms with E-state index in [1.165, 1.54) is 28.6 Å². The Morgan fingerprint density at radius 2 is 2.14 bits per heavy atom. The second-order valence-corrected chi connectivity index (χ2v) is 7.84. The highest BCUT2D eigenvalue weighted by Crippen LogP contribution is 2.45. The average molecular weight is 294 g/mol. The minimum atomic E-state index is -0.0135. The number of H-pyrrole nitrogens is 1. The number of hydrogen-bond acceptors (Lipinski definition) is 1. The van der Waals surface area contributed by atoms with Crippen molar-refractivity contribution in [1.82, 2.24) is 10.3 Å². The number of aromatic amines is 1. The number of rotatable bonds is 2. The molecule has 1 saturated heterocycles. The van der Waals surface area contributed by atoms with Gasteiger partial charge < -0.3 is 10.3 Å². The molecule has 3 atom stereocenters. The van der Waals surface area contributed by atoms with Gasteiger partial charge in [-0.2, -0.15) is 0 Å². The standard InChI is InChI=1S/C20H26N2/c1-5-20(3,4)19-15-10-17-14(9-12(2)11-21-17)13-7-6-8-16(22-19)18(13)15/h5-8,12,14,17,21-22H,1,9-11H2,2-4H3. The molecule has 0 radical (unpaired) electrons. The van der Waals surface area contributed by atoms with Gasteiger partial charge in [0.05, 0.1) is 0 Å². The van der Waals surface area contributed by atoms with Gasteiger partial charge >= 0.3 is 0 Å². The van der Waals surface area contributed by atoms with Gasteiger partial charge in [-0.05, 0) is 42.5 Å². The highest BCUT2D eigenvalue weighted by molar-refractivity contribution is 5.90. The maximum atomic E-state index is 4.05. The average Bonchev–Trinajstić information content (AvgIpc) is 2.89. The van der Waals surface area contributed by atoms with Crippen LogP contribution in [0.15, 0.2) is 30.9 Å². The van der Waals surface area contributed by atoms with Crippen molar-refractivity contribution in [3.05, 3.63) is 47.7 Å². The van der Waals surface area contributed by atoms with E-state index in [0.717, 1.165) is 18.9 Å². The van der Waals surface area contributed by atoms with E-state index in [0.29, 0.717) is 12.0 Å². The van der Waals surface area contributed by atoms with E-state index in [2.05, 4.69) is 61.9 Å². The second kappa shape index (κ2) is 4.73. The Kier molecular flexibility index (Phi) is 3.02. The lowest BCUT2D eigenvalue weighted by Crippen LogP contribution is -2.46. The number of aromatic nitrogens is 1. The lowest BCUT2D eigenvalue weighted by molar-refractivity contribution is 0.282. The Hall–Kier alpha value is -1.54. The molecule has 1 aromatic heterocycles. The molecule has 1 aliphatic carbocycles. The van der Waals surface area contributed by atoms with Crippen LogP contribution >= 0.6 is 0 Å². The number of fused-ring (bicyclic) bond motifs is 2. The van der Waals surface area contributed by atoms with Crippen LogP contribution in [0.25, 0.3) is 10.9 Å². The Bertz CT molecular complexity index is 737. The molecule has 1 aliphatic heterocycles. The first-order valence-electron chi connectivity index (χ1n) is 8.52. The SMILES string of the molecule is C=CC(C)(C)c1[nH]c2cccc3c2c1CC1NCC(C)CC31. The summed E-state index contributed by atoms with van der Waals surface area (Å²) in [5, 5.41) is 5.29. The molecule has 116 valence electrons. The van der Waals surface area contributed by atoms with Gasteiger partial charge in [0, 0.05) is 34.0 Å². The van der Waals surface area contributed by atoms with E-state index >= 15 is 0 Å². The largest absolute Gasteiger partial charge is 0.357 e. The molecule has 3 unspecified atom stereocenters. The zero-order chi connectivity index (χ0) is 15.5. The fraction of sp³-hybridized carbons (Fsp3) is 0.500. The molecule has 0 spiro atoms. The molecule has 2 heteroatoms. The molecule has 1 fully saturated rings. The summed E-state index contributed by atoms with van der Waals surface area (Å²) in [6.07, 6.45) is 4.51. The first kappa shape index (κ1) is 14.1. The number of nitrogens with one attached hydrogen (secondary N) is 2. The quantitative estimate of drug-likeness (QED) is 0.795. The van der Waals surface area contributed by atoms with Crippen molar-refractivity contribution in [3.8, 4) is 0 Å². The lowest BCUT2D eigenvalue weighted by Gasteiger charge is -2.40. The van der Waals surface area contributed by atoms with Gasteiger partial charge in [-0.25, -0.2) is 0 Å². The van der Waals surface area contributed by atoms with Gasteiger partial charge in [0.2, 0.25) is 0 Å². The third kappa shape index (κ3) is 1.90. The Labute approximate surface area is 133 Å². The van der Waals surface area contributed by atoms with E-state index in [9.17, 15) is 0 Å². The van der Waals surface area contributed by atoms with Crippen molar-refractivity contribution in [3.63, 3.8) is 0 Å². The monoisotopic (exact) mass is 294 g/mol. The Morgan fingerprint density at radius 3 is 2.91 bits per heavy atom. The molecule has 22 heavy (non-hydrogen) atoms. The number of hydrogen-bond donors (Lipinski definition) is 2. The molecule has 0 bridgehead atoms. The molecule has 4 rings (SSSR count). The fourth-order valence-corrected chi connectivity index (χ4v) is 4.47. The minimum absolute atomic E-state index is 0.0135. The van der Waals surface area contributed by atoms with Gasteiger partial charge in [0.1, 0.15) is 0 Å². The molecule has 2 aliphatic rings. The van der Waals surface area contributed by atoms with Gasteiger partial charge in [0.15, 0.2) is 0 Å². The highest BCUT2D eigenvalue weighted by Gasteiger charge is 2.37. The van der Waals surface area contributed by atoms with E-state index in [1.807, 2.05) is 0 Å². The zero-order valence-electron chi connectivity index (χ0n) is 13.9. The summed E-state index contributed by atoms with van der Waals surface area (Å²) in [5.74, 6) is 1.43.